The lowest BCUT2D eigenvalue weighted by atomic mass is 10.0. The largest absolute Gasteiger partial charge is 0.477 e. The Morgan fingerprint density at radius 3 is 2.41 bits per heavy atom. The highest BCUT2D eigenvalue weighted by atomic mass is 32.1. The van der Waals surface area contributed by atoms with Crippen molar-refractivity contribution >= 4 is 23.2 Å². The molecule has 1 saturated carbocycles. The van der Waals surface area contributed by atoms with Crippen LogP contribution in [0.25, 0.3) is 0 Å². The molecule has 1 heterocycles. The van der Waals surface area contributed by atoms with Gasteiger partial charge in [0.05, 0.1) is 4.88 Å². The first-order valence-electron chi connectivity index (χ1n) is 7.31. The third kappa shape index (κ3) is 3.54. The van der Waals surface area contributed by atoms with Crippen molar-refractivity contribution in [2.75, 3.05) is 0 Å². The van der Waals surface area contributed by atoms with Crippen molar-refractivity contribution in [1.29, 1.82) is 0 Å². The van der Waals surface area contributed by atoms with Crippen LogP contribution in [0.2, 0.25) is 0 Å². The number of carbonyl (C=O) groups excluding carboxylic acids is 1. The Kier molecular flexibility index (Phi) is 4.24. The van der Waals surface area contributed by atoms with E-state index in [0.29, 0.717) is 10.8 Å². The molecule has 2 aromatic rings. The fourth-order valence-electron chi connectivity index (χ4n) is 2.52. The molecule has 1 unspecified atom stereocenters. The monoisotopic (exact) mass is 315 g/mol. The zero-order chi connectivity index (χ0) is 15.5. The van der Waals surface area contributed by atoms with Gasteiger partial charge in [-0.1, -0.05) is 30.3 Å². The van der Waals surface area contributed by atoms with Crippen LogP contribution in [0.5, 0.6) is 0 Å². The topological polar surface area (TPSA) is 66.4 Å². The van der Waals surface area contributed by atoms with E-state index < -0.39 is 5.97 Å². The molecule has 3 rings (SSSR count). The van der Waals surface area contributed by atoms with Gasteiger partial charge in [-0.3, -0.25) is 4.79 Å². The molecule has 114 valence electrons. The number of nitrogens with one attached hydrogen (secondary N) is 1. The van der Waals surface area contributed by atoms with Crippen LogP contribution in [-0.4, -0.2) is 23.0 Å². The number of hydrogen-bond donors (Lipinski definition) is 2. The molecule has 4 nitrogen and oxygen atoms in total. The molecule has 1 fully saturated rings. The van der Waals surface area contributed by atoms with E-state index in [1.54, 1.807) is 6.07 Å². The minimum absolute atomic E-state index is 0.116. The summed E-state index contributed by atoms with van der Waals surface area (Å²) in [5.41, 5.74) is 1.21. The molecule has 1 atom stereocenters. The summed E-state index contributed by atoms with van der Waals surface area (Å²) >= 11 is 1.02. The minimum atomic E-state index is -0.993. The summed E-state index contributed by atoms with van der Waals surface area (Å²) in [5, 5.41) is 12.0. The van der Waals surface area contributed by atoms with Crippen LogP contribution >= 0.6 is 11.3 Å². The molecule has 1 aromatic heterocycles. The molecule has 22 heavy (non-hydrogen) atoms. The van der Waals surface area contributed by atoms with Gasteiger partial charge in [-0.05, 0) is 42.9 Å². The normalized spacial score (nSPS) is 15.3. The fourth-order valence-corrected chi connectivity index (χ4v) is 3.26. The van der Waals surface area contributed by atoms with Crippen LogP contribution in [0, 0.1) is 5.92 Å². The fraction of sp³-hybridized carbons (Fsp3) is 0.294. The van der Waals surface area contributed by atoms with Gasteiger partial charge >= 0.3 is 5.97 Å². The number of amides is 1. The van der Waals surface area contributed by atoms with E-state index in [0.717, 1.165) is 30.6 Å². The summed E-state index contributed by atoms with van der Waals surface area (Å²) in [6, 6.07) is 13.3. The standard InChI is InChI=1S/C17H17NO3S/c19-16(14-8-9-15(22-14)17(20)21)18-13(12-6-7-12)10-11-4-2-1-3-5-11/h1-5,8-9,12-13H,6-7,10H2,(H,18,19)(H,20,21). The van der Waals surface area contributed by atoms with Gasteiger partial charge in [0.25, 0.3) is 5.91 Å². The maximum atomic E-state index is 12.3. The number of hydrogen-bond acceptors (Lipinski definition) is 3. The van der Waals surface area contributed by atoms with Crippen molar-refractivity contribution < 1.29 is 14.7 Å². The Bertz CT molecular complexity index is 676. The third-order valence-corrected chi connectivity index (χ3v) is 4.92. The summed E-state index contributed by atoms with van der Waals surface area (Å²) in [7, 11) is 0. The molecule has 0 bridgehead atoms. The third-order valence-electron chi connectivity index (χ3n) is 3.85. The molecular formula is C17H17NO3S. The van der Waals surface area contributed by atoms with Crippen LogP contribution in [0.4, 0.5) is 0 Å². The van der Waals surface area contributed by atoms with Gasteiger partial charge in [-0.25, -0.2) is 4.79 Å². The first-order valence-corrected chi connectivity index (χ1v) is 8.13. The second-order valence-corrected chi connectivity index (χ2v) is 6.66. The summed E-state index contributed by atoms with van der Waals surface area (Å²) < 4.78 is 0. The van der Waals surface area contributed by atoms with Crippen molar-refractivity contribution in [3.8, 4) is 0 Å². The first kappa shape index (κ1) is 14.8. The van der Waals surface area contributed by atoms with E-state index in [1.807, 2.05) is 18.2 Å². The van der Waals surface area contributed by atoms with E-state index in [9.17, 15) is 9.59 Å². The van der Waals surface area contributed by atoms with Crippen molar-refractivity contribution in [2.45, 2.75) is 25.3 Å². The van der Waals surface area contributed by atoms with Crippen LogP contribution in [0.15, 0.2) is 42.5 Å². The Morgan fingerprint density at radius 2 is 1.82 bits per heavy atom. The average molecular weight is 315 g/mol. The van der Waals surface area contributed by atoms with E-state index in [-0.39, 0.29) is 16.8 Å². The summed E-state index contributed by atoms with van der Waals surface area (Å²) in [6.07, 6.45) is 3.10. The second kappa shape index (κ2) is 6.32. The van der Waals surface area contributed by atoms with E-state index in [4.69, 9.17) is 5.11 Å². The molecule has 0 aliphatic heterocycles. The molecule has 0 saturated heterocycles. The van der Waals surface area contributed by atoms with Gasteiger partial charge in [-0.2, -0.15) is 0 Å². The number of carbonyl (C=O) groups is 2. The van der Waals surface area contributed by atoms with Crippen LogP contribution in [0.1, 0.15) is 37.7 Å². The number of benzene rings is 1. The first-order chi connectivity index (χ1) is 10.6. The molecule has 1 aliphatic rings. The number of thiophene rings is 1. The molecule has 0 spiro atoms. The predicted octanol–water partition coefficient (Wildman–Crippen LogP) is 3.20. The maximum absolute atomic E-state index is 12.3. The van der Waals surface area contributed by atoms with Crippen molar-refractivity contribution in [1.82, 2.24) is 5.32 Å². The molecule has 2 N–H and O–H groups in total. The zero-order valence-electron chi connectivity index (χ0n) is 12.0. The van der Waals surface area contributed by atoms with Gasteiger partial charge in [0.15, 0.2) is 0 Å². The molecule has 1 aromatic carbocycles. The molecular weight excluding hydrogens is 298 g/mol. The quantitative estimate of drug-likeness (QED) is 0.860. The number of carboxylic acid groups (broad SMARTS) is 1. The highest BCUT2D eigenvalue weighted by Gasteiger charge is 2.32. The van der Waals surface area contributed by atoms with Gasteiger partial charge in [0, 0.05) is 6.04 Å². The lowest BCUT2D eigenvalue weighted by Gasteiger charge is -2.18. The summed E-state index contributed by atoms with van der Waals surface area (Å²) in [6.45, 7) is 0. The second-order valence-electron chi connectivity index (χ2n) is 5.58. The predicted molar refractivity (Wildman–Crippen MR) is 85.4 cm³/mol. The zero-order valence-corrected chi connectivity index (χ0v) is 12.8. The van der Waals surface area contributed by atoms with Gasteiger partial charge in [0.2, 0.25) is 0 Å². The minimum Gasteiger partial charge on any atom is -0.477 e. The maximum Gasteiger partial charge on any atom is 0.345 e. The summed E-state index contributed by atoms with van der Waals surface area (Å²) in [5.74, 6) is -0.638. The van der Waals surface area contributed by atoms with Crippen LogP contribution in [0.3, 0.4) is 0 Å². The lowest BCUT2D eigenvalue weighted by molar-refractivity contribution is 0.0702. The highest BCUT2D eigenvalue weighted by Crippen LogP contribution is 2.34. The Hall–Kier alpha value is -2.14. The summed E-state index contributed by atoms with van der Waals surface area (Å²) in [4.78, 5) is 23.9. The Balaban J connectivity index is 1.68. The van der Waals surface area contributed by atoms with Gasteiger partial charge in [0.1, 0.15) is 4.88 Å². The molecule has 1 amide bonds. The smallest absolute Gasteiger partial charge is 0.345 e. The molecule has 0 radical (unpaired) electrons. The van der Waals surface area contributed by atoms with Gasteiger partial charge in [-0.15, -0.1) is 11.3 Å². The van der Waals surface area contributed by atoms with Crippen LogP contribution < -0.4 is 5.32 Å². The van der Waals surface area contributed by atoms with E-state index in [1.165, 1.54) is 11.6 Å². The van der Waals surface area contributed by atoms with E-state index in [2.05, 4.69) is 17.4 Å². The number of aromatic carboxylic acids is 1. The van der Waals surface area contributed by atoms with Crippen LogP contribution in [-0.2, 0) is 6.42 Å². The molecule has 5 heteroatoms. The lowest BCUT2D eigenvalue weighted by Crippen LogP contribution is -2.37. The van der Waals surface area contributed by atoms with Crippen molar-refractivity contribution in [3.05, 3.63) is 57.8 Å². The molecule has 1 aliphatic carbocycles. The van der Waals surface area contributed by atoms with E-state index >= 15 is 0 Å². The van der Waals surface area contributed by atoms with Crippen molar-refractivity contribution in [3.63, 3.8) is 0 Å². The SMILES string of the molecule is O=C(O)c1ccc(C(=O)NC(Cc2ccccc2)C2CC2)s1. The number of carboxylic acids is 1. The Labute approximate surface area is 132 Å². The Morgan fingerprint density at radius 1 is 1.14 bits per heavy atom. The van der Waals surface area contributed by atoms with Gasteiger partial charge < -0.3 is 10.4 Å². The van der Waals surface area contributed by atoms with Crippen molar-refractivity contribution in [2.24, 2.45) is 5.92 Å². The number of rotatable bonds is 6. The highest BCUT2D eigenvalue weighted by molar-refractivity contribution is 7.15. The average Bonchev–Trinajstić information content (AvgIpc) is 3.23.